The van der Waals surface area contributed by atoms with Crippen LogP contribution in [0.1, 0.15) is 24.8 Å². The van der Waals surface area contributed by atoms with Gasteiger partial charge in [0.15, 0.2) is 21.3 Å². The van der Waals surface area contributed by atoms with Crippen LogP contribution in [0.5, 0.6) is 17.2 Å². The van der Waals surface area contributed by atoms with E-state index in [2.05, 4.69) is 75.1 Å². The van der Waals surface area contributed by atoms with Gasteiger partial charge < -0.3 is 40.4 Å². The molecule has 1 unspecified atom stereocenters. The van der Waals surface area contributed by atoms with E-state index < -0.39 is 21.6 Å². The summed E-state index contributed by atoms with van der Waals surface area (Å²) in [7, 11) is 1.01. The molecule has 2 saturated carbocycles. The monoisotopic (exact) mass is 1070 g/mol. The van der Waals surface area contributed by atoms with Crippen LogP contribution in [0.4, 0.5) is 59.5 Å². The Morgan fingerprint density at radius 2 is 1.29 bits per heavy atom. The second-order valence-corrected chi connectivity index (χ2v) is 22.1. The predicted octanol–water partition coefficient (Wildman–Crippen LogP) is 10.4. The number of rotatable bonds is 17. The molecule has 11 rings (SSSR count). The summed E-state index contributed by atoms with van der Waals surface area (Å²) in [5, 5.41) is 15.1. The first-order chi connectivity index (χ1) is 36.6. The molecular weight excluding hydrogens is 1020 g/mol. The van der Waals surface area contributed by atoms with Crippen molar-refractivity contribution in [1.29, 1.82) is 0 Å². The van der Waals surface area contributed by atoms with Gasteiger partial charge in [-0.2, -0.15) is 23.1 Å². The molecule has 4 aromatic carbocycles. The van der Waals surface area contributed by atoms with E-state index in [1.165, 1.54) is 12.3 Å². The van der Waals surface area contributed by atoms with Crippen molar-refractivity contribution >= 4 is 89.5 Å². The van der Waals surface area contributed by atoms with Gasteiger partial charge in [0.05, 0.1) is 58.5 Å². The van der Waals surface area contributed by atoms with Crippen molar-refractivity contribution in [3.05, 3.63) is 139 Å². The van der Waals surface area contributed by atoms with Crippen LogP contribution in [0.2, 0.25) is 5.02 Å². The fourth-order valence-electron chi connectivity index (χ4n) is 9.54. The zero-order chi connectivity index (χ0) is 52.6. The van der Waals surface area contributed by atoms with Gasteiger partial charge in [0.1, 0.15) is 29.6 Å². The Labute approximate surface area is 441 Å². The maximum atomic E-state index is 13.3. The zero-order valence-corrected chi connectivity index (χ0v) is 42.8. The lowest BCUT2D eigenvalue weighted by Gasteiger charge is -2.50. The summed E-state index contributed by atoms with van der Waals surface area (Å²) in [6.07, 6.45) is 4.11. The summed E-state index contributed by atoms with van der Waals surface area (Å²) in [4.78, 5) is 31.3. The topological polar surface area (TPSA) is 194 Å². The number of anilines is 8. The Morgan fingerprint density at radius 3 is 1.93 bits per heavy atom. The second-order valence-electron chi connectivity index (χ2n) is 19.4. The number of hydrogen-bond donors (Lipinski definition) is 4. The lowest BCUT2D eigenvalue weighted by atomic mass is 9.75. The van der Waals surface area contributed by atoms with Gasteiger partial charge in [-0.15, -0.1) is 0 Å². The quantitative estimate of drug-likeness (QED) is 0.0672. The Balaban J connectivity index is 0.778. The van der Waals surface area contributed by atoms with Gasteiger partial charge in [0.25, 0.3) is 0 Å². The van der Waals surface area contributed by atoms with Crippen LogP contribution < -0.4 is 35.5 Å². The molecule has 2 aliphatic carbocycles. The number of aromatic nitrogens is 6. The average molecular weight is 1070 g/mol. The van der Waals surface area contributed by atoms with Crippen LogP contribution in [-0.4, -0.2) is 118 Å². The first kappa shape index (κ1) is 50.6. The van der Waals surface area contributed by atoms with E-state index in [0.717, 1.165) is 47.3 Å². The number of sulfone groups is 1. The number of pyridine rings is 2. The van der Waals surface area contributed by atoms with Crippen molar-refractivity contribution in [1.82, 2.24) is 39.7 Å². The molecule has 4 aromatic heterocycles. The molecule has 17 nitrogen and oxygen atoms in total. The SMILES string of the molecule is CN(C)C1CC(Oc2ccc(Nc3nccc(Nc4cnc5cc(C(F)(F)F)ccc5c4)n3)cc2OCC2[C@H](N3CCS(=O)(=O)CC3)C[C@H]2Oc2ccc(Nc3nccc(Nc4cnc5cc(Cl)ccc5c4)n3)cc2)C1. The van der Waals surface area contributed by atoms with Crippen molar-refractivity contribution in [3.8, 4) is 17.2 Å². The molecule has 4 N–H and O–H groups in total. The third kappa shape index (κ3) is 11.9. The molecule has 3 atom stereocenters. The molecule has 1 saturated heterocycles. The van der Waals surface area contributed by atoms with Gasteiger partial charge in [-0.05, 0) is 112 Å². The number of nitrogens with one attached hydrogen (secondary N) is 4. The molecule has 0 bridgehead atoms. The molecule has 22 heteroatoms. The third-order valence-electron chi connectivity index (χ3n) is 13.9. The van der Waals surface area contributed by atoms with E-state index in [0.29, 0.717) is 82.2 Å². The van der Waals surface area contributed by atoms with Gasteiger partial charge in [-0.1, -0.05) is 23.7 Å². The minimum Gasteiger partial charge on any atom is -0.490 e. The number of ether oxygens (including phenoxy) is 3. The van der Waals surface area contributed by atoms with Crippen molar-refractivity contribution in [3.63, 3.8) is 0 Å². The molecule has 8 aromatic rings. The van der Waals surface area contributed by atoms with Crippen LogP contribution in [0.25, 0.3) is 21.8 Å². The molecule has 0 radical (unpaired) electrons. The Morgan fingerprint density at radius 1 is 0.671 bits per heavy atom. The molecule has 0 amide bonds. The first-order valence-corrected chi connectivity index (χ1v) is 26.9. The normalized spacial score (nSPS) is 20.3. The summed E-state index contributed by atoms with van der Waals surface area (Å²) in [6.45, 7) is 1.11. The lowest BCUT2D eigenvalue weighted by Crippen LogP contribution is -2.61. The van der Waals surface area contributed by atoms with Gasteiger partial charge in [-0.25, -0.2) is 18.4 Å². The van der Waals surface area contributed by atoms with Gasteiger partial charge in [0, 0.05) is 83.1 Å². The van der Waals surface area contributed by atoms with Crippen LogP contribution >= 0.6 is 11.6 Å². The number of halogens is 4. The van der Waals surface area contributed by atoms with Crippen LogP contribution in [-0.2, 0) is 16.0 Å². The van der Waals surface area contributed by atoms with Crippen LogP contribution in [0.3, 0.4) is 0 Å². The highest BCUT2D eigenvalue weighted by Gasteiger charge is 2.47. The Kier molecular flexibility index (Phi) is 14.1. The maximum absolute atomic E-state index is 13.3. The van der Waals surface area contributed by atoms with E-state index >= 15 is 0 Å². The predicted molar refractivity (Wildman–Crippen MR) is 287 cm³/mol. The molecule has 76 heavy (non-hydrogen) atoms. The Hall–Kier alpha value is -7.59. The van der Waals surface area contributed by atoms with E-state index in [1.807, 2.05) is 66.7 Å². The molecule has 1 aliphatic heterocycles. The minimum atomic E-state index is -4.47. The smallest absolute Gasteiger partial charge is 0.416 e. The molecule has 5 heterocycles. The summed E-state index contributed by atoms with van der Waals surface area (Å²) < 4.78 is 84.9. The van der Waals surface area contributed by atoms with Crippen molar-refractivity contribution in [2.75, 3.05) is 66.6 Å². The number of hydrogen-bond acceptors (Lipinski definition) is 17. The molecule has 3 fully saturated rings. The van der Waals surface area contributed by atoms with Gasteiger partial charge in [0.2, 0.25) is 11.9 Å². The summed E-state index contributed by atoms with van der Waals surface area (Å²) in [6, 6.07) is 29.7. The summed E-state index contributed by atoms with van der Waals surface area (Å²) in [5.41, 5.74) is 2.92. The zero-order valence-electron chi connectivity index (χ0n) is 41.2. The molecule has 392 valence electrons. The molecule has 0 spiro atoms. The highest BCUT2D eigenvalue weighted by Crippen LogP contribution is 2.41. The first-order valence-electron chi connectivity index (χ1n) is 24.7. The highest BCUT2D eigenvalue weighted by atomic mass is 35.5. The van der Waals surface area contributed by atoms with Gasteiger partial charge >= 0.3 is 6.18 Å². The summed E-state index contributed by atoms with van der Waals surface area (Å²) in [5.74, 6) is 3.48. The maximum Gasteiger partial charge on any atom is 0.416 e. The van der Waals surface area contributed by atoms with Crippen molar-refractivity contribution < 1.29 is 35.8 Å². The highest BCUT2D eigenvalue weighted by molar-refractivity contribution is 7.91. The van der Waals surface area contributed by atoms with E-state index in [1.54, 1.807) is 36.8 Å². The second kappa shape index (κ2) is 21.2. The largest absolute Gasteiger partial charge is 0.490 e. The fraction of sp³-hybridized carbons (Fsp3) is 0.296. The number of alkyl halides is 3. The third-order valence-corrected chi connectivity index (χ3v) is 15.8. The number of fused-ring (bicyclic) bond motifs is 2. The van der Waals surface area contributed by atoms with E-state index in [-0.39, 0.29) is 53.7 Å². The molecule has 3 aliphatic rings. The minimum absolute atomic E-state index is 0.00263. The van der Waals surface area contributed by atoms with Crippen LogP contribution in [0.15, 0.2) is 128 Å². The Bertz CT molecular complexity index is 3510. The lowest BCUT2D eigenvalue weighted by molar-refractivity contribution is -0.137. The van der Waals surface area contributed by atoms with E-state index in [4.69, 9.17) is 25.8 Å². The summed E-state index contributed by atoms with van der Waals surface area (Å²) >= 11 is 6.14. The van der Waals surface area contributed by atoms with E-state index in [9.17, 15) is 21.6 Å². The van der Waals surface area contributed by atoms with Crippen molar-refractivity contribution in [2.45, 2.75) is 49.7 Å². The van der Waals surface area contributed by atoms with Crippen molar-refractivity contribution in [2.24, 2.45) is 5.92 Å². The van der Waals surface area contributed by atoms with Crippen LogP contribution in [0, 0.1) is 5.92 Å². The standard InChI is InChI=1S/C54H52ClF3N12O5S/c1-69(2)40-26-42(27-40)75-47-12-9-37(66-53-60-16-14-51(68-53)63-38-21-32-3-5-34(54(56,57)58)23-44(32)61-29-38)25-49(47)73-31-43-46(70-17-19-76(71,72)20-18-70)28-48(43)74-41-10-7-36(8-11-41)65-52-59-15-13-50(67-52)64-39-22-33-4-6-35(55)24-45(33)62-30-39/h3-16,21-25,29-30,40,42-43,46,48H,17-20,26-28,31H2,1-2H3,(H2,59,64,65,67)(H2,60,63,66,68)/t40?,42?,43?,46-,48-/m1/s1. The average Bonchev–Trinajstić information content (AvgIpc) is 3.37. The number of nitrogens with zero attached hydrogens (tertiary/aromatic N) is 8. The number of benzene rings is 4. The fourth-order valence-corrected chi connectivity index (χ4v) is 10.9. The van der Waals surface area contributed by atoms with Gasteiger partial charge in [-0.3, -0.25) is 14.9 Å². The molecular formula is C54H52ClF3N12O5S.